The molecule has 1 heterocycles. The molecule has 8 nitrogen and oxygen atoms in total. The Morgan fingerprint density at radius 3 is 2.44 bits per heavy atom. The first-order valence-corrected chi connectivity index (χ1v) is 7.93. The second-order valence-corrected chi connectivity index (χ2v) is 6.31. The smallest absolute Gasteiger partial charge is 0.334 e. The Hall–Kier alpha value is -2.61. The van der Waals surface area contributed by atoms with Crippen molar-refractivity contribution < 1.29 is 23.9 Å². The van der Waals surface area contributed by atoms with E-state index in [0.717, 1.165) is 4.90 Å². The number of imide groups is 2. The summed E-state index contributed by atoms with van der Waals surface area (Å²) in [6, 6.07) is 3.84. The van der Waals surface area contributed by atoms with Gasteiger partial charge in [-0.15, -0.1) is 0 Å². The van der Waals surface area contributed by atoms with Gasteiger partial charge in [0.25, 0.3) is 0 Å². The van der Waals surface area contributed by atoms with E-state index in [1.165, 1.54) is 13.2 Å². The highest BCUT2D eigenvalue weighted by molar-refractivity contribution is 6.45. The lowest BCUT2D eigenvalue weighted by atomic mass is 10.2. The van der Waals surface area contributed by atoms with E-state index in [-0.39, 0.29) is 12.5 Å². The lowest BCUT2D eigenvalue weighted by Gasteiger charge is -2.17. The Morgan fingerprint density at radius 1 is 1.20 bits per heavy atom. The lowest BCUT2D eigenvalue weighted by Crippen LogP contribution is -2.39. The Balaban J connectivity index is 2.10. The number of rotatable bonds is 6. The second-order valence-electron chi connectivity index (χ2n) is 5.88. The zero-order valence-corrected chi connectivity index (χ0v) is 14.8. The highest BCUT2D eigenvalue weighted by Crippen LogP contribution is 2.27. The van der Waals surface area contributed by atoms with Gasteiger partial charge in [-0.05, 0) is 24.1 Å². The molecular formula is C16H18ClN3O5. The first-order chi connectivity index (χ1) is 11.7. The van der Waals surface area contributed by atoms with Crippen LogP contribution in [-0.2, 0) is 14.4 Å². The third kappa shape index (κ3) is 4.08. The first kappa shape index (κ1) is 18.7. The maximum atomic E-state index is 12.2. The van der Waals surface area contributed by atoms with Crippen LogP contribution in [-0.4, -0.2) is 53.8 Å². The van der Waals surface area contributed by atoms with Crippen molar-refractivity contribution in [2.45, 2.75) is 13.8 Å². The average Bonchev–Trinajstić information content (AvgIpc) is 2.72. The number of anilines is 1. The Kier molecular flexibility index (Phi) is 5.63. The van der Waals surface area contributed by atoms with Gasteiger partial charge in [0.15, 0.2) is 0 Å². The van der Waals surface area contributed by atoms with Crippen LogP contribution < -0.4 is 10.1 Å². The topological polar surface area (TPSA) is 96.0 Å². The summed E-state index contributed by atoms with van der Waals surface area (Å²) in [5, 5.41) is 2.89. The van der Waals surface area contributed by atoms with Crippen LogP contribution in [0.4, 0.5) is 10.5 Å². The van der Waals surface area contributed by atoms with E-state index in [2.05, 4.69) is 5.32 Å². The summed E-state index contributed by atoms with van der Waals surface area (Å²) in [5.41, 5.74) is 0.296. The number of nitrogens with zero attached hydrogens (tertiary/aromatic N) is 2. The molecule has 0 atom stereocenters. The molecule has 0 bridgehead atoms. The summed E-state index contributed by atoms with van der Waals surface area (Å²) < 4.78 is 5.11. The van der Waals surface area contributed by atoms with Crippen molar-refractivity contribution in [3.05, 3.63) is 23.2 Å². The molecule has 0 aliphatic carbocycles. The number of carbonyl (C=O) groups excluding carboxylic acids is 4. The summed E-state index contributed by atoms with van der Waals surface area (Å²) >= 11 is 5.88. The van der Waals surface area contributed by atoms with Gasteiger partial charge in [0.2, 0.25) is 5.91 Å². The molecule has 1 aliphatic rings. The van der Waals surface area contributed by atoms with E-state index >= 15 is 0 Å². The fourth-order valence-electron chi connectivity index (χ4n) is 2.33. The number of hydrogen-bond acceptors (Lipinski definition) is 5. The number of benzene rings is 1. The minimum atomic E-state index is -1.01. The zero-order valence-electron chi connectivity index (χ0n) is 14.0. The SMILES string of the molecule is COc1ccc(Cl)cc1NC(=O)CN1C(=O)C(=O)N(CC(C)C)C1=O. The fourth-order valence-corrected chi connectivity index (χ4v) is 2.50. The number of methoxy groups -OCH3 is 1. The van der Waals surface area contributed by atoms with Gasteiger partial charge in [-0.2, -0.15) is 0 Å². The molecule has 2 rings (SSSR count). The van der Waals surface area contributed by atoms with Crippen LogP contribution in [0.5, 0.6) is 5.75 Å². The monoisotopic (exact) mass is 367 g/mol. The molecule has 1 aromatic rings. The maximum absolute atomic E-state index is 12.2. The molecule has 0 aromatic heterocycles. The third-order valence-corrected chi connectivity index (χ3v) is 3.66. The number of carbonyl (C=O) groups is 4. The number of halogens is 1. The molecule has 1 aromatic carbocycles. The maximum Gasteiger partial charge on any atom is 0.334 e. The number of ether oxygens (including phenoxy) is 1. The van der Waals surface area contributed by atoms with Crippen LogP contribution in [0.3, 0.4) is 0 Å². The number of amides is 5. The average molecular weight is 368 g/mol. The Bertz CT molecular complexity index is 734. The predicted octanol–water partition coefficient (Wildman–Crippen LogP) is 1.73. The number of urea groups is 1. The molecule has 1 saturated heterocycles. The molecule has 134 valence electrons. The van der Waals surface area contributed by atoms with Crippen molar-refractivity contribution in [1.82, 2.24) is 9.80 Å². The third-order valence-electron chi connectivity index (χ3n) is 3.42. The molecule has 0 spiro atoms. The molecule has 0 saturated carbocycles. The number of hydrogen-bond donors (Lipinski definition) is 1. The van der Waals surface area contributed by atoms with E-state index in [1.54, 1.807) is 12.1 Å². The van der Waals surface area contributed by atoms with Gasteiger partial charge in [0.05, 0.1) is 12.8 Å². The minimum absolute atomic E-state index is 0.00481. The molecule has 9 heteroatoms. The molecule has 0 radical (unpaired) electrons. The van der Waals surface area contributed by atoms with Gasteiger partial charge in [0, 0.05) is 11.6 Å². The first-order valence-electron chi connectivity index (χ1n) is 7.55. The van der Waals surface area contributed by atoms with Gasteiger partial charge in [-0.3, -0.25) is 19.3 Å². The van der Waals surface area contributed by atoms with Gasteiger partial charge in [-0.1, -0.05) is 25.4 Å². The van der Waals surface area contributed by atoms with E-state index in [4.69, 9.17) is 16.3 Å². The Labute approximate surface area is 149 Å². The highest BCUT2D eigenvalue weighted by Gasteiger charge is 2.45. The zero-order chi connectivity index (χ0) is 18.7. The second kappa shape index (κ2) is 7.52. The summed E-state index contributed by atoms with van der Waals surface area (Å²) in [5.74, 6) is -2.22. The molecular weight excluding hydrogens is 350 g/mol. The van der Waals surface area contributed by atoms with E-state index < -0.39 is 30.3 Å². The molecule has 1 fully saturated rings. The molecule has 5 amide bonds. The van der Waals surface area contributed by atoms with Crippen LogP contribution in [0.15, 0.2) is 18.2 Å². The van der Waals surface area contributed by atoms with Crippen LogP contribution in [0, 0.1) is 5.92 Å². The van der Waals surface area contributed by atoms with Crippen molar-refractivity contribution >= 4 is 41.0 Å². The number of nitrogens with one attached hydrogen (secondary N) is 1. The van der Waals surface area contributed by atoms with Crippen molar-refractivity contribution in [2.75, 3.05) is 25.5 Å². The molecule has 0 unspecified atom stereocenters. The standard InChI is InChI=1S/C16H18ClN3O5/c1-9(2)7-19-14(22)15(23)20(16(19)24)8-13(21)18-11-6-10(17)4-5-12(11)25-3/h4-6,9H,7-8H2,1-3H3,(H,18,21). The van der Waals surface area contributed by atoms with Gasteiger partial charge < -0.3 is 10.1 Å². The summed E-state index contributed by atoms with van der Waals surface area (Å²) in [6.45, 7) is 3.16. The molecule has 25 heavy (non-hydrogen) atoms. The molecule has 1 aliphatic heterocycles. The quantitative estimate of drug-likeness (QED) is 0.610. The van der Waals surface area contributed by atoms with Crippen molar-refractivity contribution in [1.29, 1.82) is 0 Å². The van der Waals surface area contributed by atoms with E-state index in [1.807, 2.05) is 13.8 Å². The van der Waals surface area contributed by atoms with E-state index in [0.29, 0.717) is 21.4 Å². The normalized spacial score (nSPS) is 14.5. The van der Waals surface area contributed by atoms with Crippen molar-refractivity contribution in [3.63, 3.8) is 0 Å². The van der Waals surface area contributed by atoms with Crippen LogP contribution >= 0.6 is 11.6 Å². The van der Waals surface area contributed by atoms with Gasteiger partial charge in [0.1, 0.15) is 12.3 Å². The van der Waals surface area contributed by atoms with Crippen LogP contribution in [0.25, 0.3) is 0 Å². The summed E-state index contributed by atoms with van der Waals surface area (Å²) in [6.07, 6.45) is 0. The van der Waals surface area contributed by atoms with Crippen molar-refractivity contribution in [3.8, 4) is 5.75 Å². The summed E-state index contributed by atoms with van der Waals surface area (Å²) in [4.78, 5) is 49.7. The largest absolute Gasteiger partial charge is 0.495 e. The highest BCUT2D eigenvalue weighted by atomic mass is 35.5. The van der Waals surface area contributed by atoms with Gasteiger partial charge >= 0.3 is 17.8 Å². The van der Waals surface area contributed by atoms with Crippen LogP contribution in [0.1, 0.15) is 13.8 Å². The molecule has 1 N–H and O–H groups in total. The fraction of sp³-hybridized carbons (Fsp3) is 0.375. The lowest BCUT2D eigenvalue weighted by molar-refractivity contribution is -0.143. The minimum Gasteiger partial charge on any atom is -0.495 e. The predicted molar refractivity (Wildman–Crippen MR) is 90.3 cm³/mol. The van der Waals surface area contributed by atoms with Gasteiger partial charge in [-0.25, -0.2) is 9.69 Å². The van der Waals surface area contributed by atoms with E-state index in [9.17, 15) is 19.2 Å². The van der Waals surface area contributed by atoms with Crippen molar-refractivity contribution in [2.24, 2.45) is 5.92 Å². The Morgan fingerprint density at radius 2 is 1.84 bits per heavy atom. The summed E-state index contributed by atoms with van der Waals surface area (Å²) in [7, 11) is 1.43. The van der Waals surface area contributed by atoms with Crippen LogP contribution in [0.2, 0.25) is 5.02 Å².